The predicted molar refractivity (Wildman–Crippen MR) is 134 cm³/mol. The molecule has 2 aliphatic rings. The number of benzene rings is 1. The smallest absolute Gasteiger partial charge is 0.408 e. The fourth-order valence-corrected chi connectivity index (χ4v) is 5.03. The molecule has 200 valence electrons. The monoisotopic (exact) mass is 538 g/mol. The number of carbonyl (C=O) groups excluding carboxylic acids is 2. The van der Waals surface area contributed by atoms with Gasteiger partial charge in [-0.15, -0.1) is 0 Å². The third-order valence-corrected chi connectivity index (χ3v) is 7.17. The first-order valence-electron chi connectivity index (χ1n) is 12.2. The molecule has 1 aromatic carbocycles. The number of nitrogens with zero attached hydrogens (tertiary/aromatic N) is 2. The van der Waals surface area contributed by atoms with Crippen molar-refractivity contribution in [3.63, 3.8) is 0 Å². The van der Waals surface area contributed by atoms with Crippen molar-refractivity contribution in [2.75, 3.05) is 4.90 Å². The number of hydrogen-bond donors (Lipinski definition) is 2. The van der Waals surface area contributed by atoms with Crippen molar-refractivity contribution in [1.29, 1.82) is 0 Å². The first-order valence-corrected chi connectivity index (χ1v) is 12.6. The van der Waals surface area contributed by atoms with Crippen molar-refractivity contribution in [2.45, 2.75) is 82.4 Å². The number of carbonyl (C=O) groups is 2. The Morgan fingerprint density at radius 1 is 1.08 bits per heavy atom. The summed E-state index contributed by atoms with van der Waals surface area (Å²) in [6, 6.07) is 8.33. The summed E-state index contributed by atoms with van der Waals surface area (Å²) in [7, 11) is 0. The fraction of sp³-hybridized carbons (Fsp3) is 0.500. The fourth-order valence-electron chi connectivity index (χ4n) is 4.91. The molecule has 2 aliphatic heterocycles. The van der Waals surface area contributed by atoms with Gasteiger partial charge in [0.25, 0.3) is 11.8 Å². The summed E-state index contributed by atoms with van der Waals surface area (Å²) < 4.78 is 44.1. The molecule has 2 unspecified atom stereocenters. The Hall–Kier alpha value is -3.01. The molecule has 2 bridgehead atoms. The third kappa shape index (κ3) is 6.29. The second-order valence-corrected chi connectivity index (χ2v) is 10.6. The molecule has 3 heterocycles. The zero-order chi connectivity index (χ0) is 27.0. The highest BCUT2D eigenvalue weighted by Gasteiger charge is 2.43. The molecule has 1 aromatic heterocycles. The first-order chi connectivity index (χ1) is 17.3. The standard InChI is InChI=1S/C26H30ClF3N4O3/c1-15(26(28,29)30)32-23(35)16-4-11-22(31-14-16)34-19-7-8-20(34)13-18(12-19)33-24(36)25(2,3)37-21-9-5-17(27)6-10-21/h4-6,9-11,14-15,18-20H,7-8,12-13H2,1-3H3,(H,32,35)(H,33,36)/t15-,18?,19?,20?/m0/s1. The highest BCUT2D eigenvalue weighted by molar-refractivity contribution is 6.30. The zero-order valence-corrected chi connectivity index (χ0v) is 21.6. The van der Waals surface area contributed by atoms with Crippen molar-refractivity contribution < 1.29 is 27.5 Å². The SMILES string of the molecule is C[C@H](NC(=O)c1ccc(N2C3CCC2CC(NC(=O)C(C)(C)Oc2ccc(Cl)cc2)C3)nc1)C(F)(F)F. The van der Waals surface area contributed by atoms with Gasteiger partial charge in [-0.1, -0.05) is 11.6 Å². The normalized spacial score (nSPS) is 22.4. The maximum Gasteiger partial charge on any atom is 0.408 e. The maximum atomic E-state index is 13.0. The van der Waals surface area contributed by atoms with E-state index in [1.165, 1.54) is 12.3 Å². The lowest BCUT2D eigenvalue weighted by Gasteiger charge is -2.40. The van der Waals surface area contributed by atoms with Crippen LogP contribution >= 0.6 is 11.6 Å². The van der Waals surface area contributed by atoms with E-state index in [1.54, 1.807) is 44.2 Å². The molecule has 2 amide bonds. The van der Waals surface area contributed by atoms with Crippen LogP contribution in [0, 0.1) is 0 Å². The Kier molecular flexibility index (Phi) is 7.60. The van der Waals surface area contributed by atoms with Crippen molar-refractivity contribution in [2.24, 2.45) is 0 Å². The van der Waals surface area contributed by atoms with Crippen molar-refractivity contribution in [3.8, 4) is 5.75 Å². The van der Waals surface area contributed by atoms with E-state index in [1.807, 2.05) is 5.32 Å². The van der Waals surface area contributed by atoms with Crippen LogP contribution in [-0.4, -0.2) is 52.7 Å². The van der Waals surface area contributed by atoms with E-state index < -0.39 is 23.7 Å². The number of amides is 2. The minimum Gasteiger partial charge on any atom is -0.478 e. The molecule has 2 fully saturated rings. The molecular formula is C26H30ClF3N4O3. The number of pyridine rings is 1. The predicted octanol–water partition coefficient (Wildman–Crippen LogP) is 4.89. The number of halogens is 4. The largest absolute Gasteiger partial charge is 0.478 e. The molecule has 0 spiro atoms. The lowest BCUT2D eigenvalue weighted by atomic mass is 9.96. The maximum absolute atomic E-state index is 13.0. The molecule has 0 radical (unpaired) electrons. The quantitative estimate of drug-likeness (QED) is 0.524. The Balaban J connectivity index is 1.35. The van der Waals surface area contributed by atoms with E-state index in [0.717, 1.165) is 32.6 Å². The van der Waals surface area contributed by atoms with Gasteiger partial charge in [-0.3, -0.25) is 9.59 Å². The molecule has 11 heteroatoms. The van der Waals surface area contributed by atoms with E-state index in [2.05, 4.69) is 15.2 Å². The second-order valence-electron chi connectivity index (χ2n) is 10.1. The lowest BCUT2D eigenvalue weighted by Crippen LogP contribution is -2.55. The van der Waals surface area contributed by atoms with Crippen LogP contribution in [0.25, 0.3) is 0 Å². The molecule has 2 N–H and O–H groups in total. The second kappa shape index (κ2) is 10.4. The van der Waals surface area contributed by atoms with Gasteiger partial charge in [-0.25, -0.2) is 4.98 Å². The molecule has 2 aromatic rings. The summed E-state index contributed by atoms with van der Waals surface area (Å²) >= 11 is 5.92. The van der Waals surface area contributed by atoms with Crippen LogP contribution in [0.4, 0.5) is 19.0 Å². The minimum absolute atomic E-state index is 0.0248. The van der Waals surface area contributed by atoms with Gasteiger partial charge in [0.1, 0.15) is 17.6 Å². The molecule has 2 saturated heterocycles. The Morgan fingerprint density at radius 2 is 1.70 bits per heavy atom. The van der Waals surface area contributed by atoms with Crippen molar-refractivity contribution in [3.05, 3.63) is 53.2 Å². The summed E-state index contributed by atoms with van der Waals surface area (Å²) in [5.74, 6) is 0.193. The van der Waals surface area contributed by atoms with Crippen LogP contribution in [0.3, 0.4) is 0 Å². The molecule has 4 rings (SSSR count). The van der Waals surface area contributed by atoms with Crippen LogP contribution in [0.15, 0.2) is 42.6 Å². The molecule has 0 saturated carbocycles. The topological polar surface area (TPSA) is 83.6 Å². The van der Waals surface area contributed by atoms with Gasteiger partial charge >= 0.3 is 6.18 Å². The van der Waals surface area contributed by atoms with Gasteiger partial charge < -0.3 is 20.3 Å². The average Bonchev–Trinajstić information content (AvgIpc) is 3.10. The Labute approximate surface area is 218 Å². The Morgan fingerprint density at radius 3 is 2.24 bits per heavy atom. The zero-order valence-electron chi connectivity index (χ0n) is 20.8. The van der Waals surface area contributed by atoms with E-state index in [0.29, 0.717) is 16.6 Å². The number of alkyl halides is 3. The van der Waals surface area contributed by atoms with Crippen LogP contribution in [0.1, 0.15) is 56.8 Å². The first kappa shape index (κ1) is 27.0. The molecular weight excluding hydrogens is 509 g/mol. The number of hydrogen-bond acceptors (Lipinski definition) is 5. The number of aromatic nitrogens is 1. The van der Waals surface area contributed by atoms with Crippen molar-refractivity contribution >= 4 is 29.2 Å². The summed E-state index contributed by atoms with van der Waals surface area (Å²) in [6.45, 7) is 4.33. The van der Waals surface area contributed by atoms with E-state index >= 15 is 0 Å². The number of rotatable bonds is 7. The van der Waals surface area contributed by atoms with E-state index in [-0.39, 0.29) is 29.6 Å². The van der Waals surface area contributed by atoms with Gasteiger partial charge in [0, 0.05) is 29.3 Å². The molecule has 7 nitrogen and oxygen atoms in total. The van der Waals surface area contributed by atoms with Crippen LogP contribution < -0.4 is 20.3 Å². The highest BCUT2D eigenvalue weighted by Crippen LogP contribution is 2.39. The summed E-state index contributed by atoms with van der Waals surface area (Å²) in [5.41, 5.74) is -1.01. The van der Waals surface area contributed by atoms with Crippen LogP contribution in [-0.2, 0) is 4.79 Å². The number of anilines is 1. The van der Waals surface area contributed by atoms with Gasteiger partial charge in [-0.05, 0) is 82.9 Å². The molecule has 0 aliphatic carbocycles. The number of fused-ring (bicyclic) bond motifs is 2. The van der Waals surface area contributed by atoms with Gasteiger partial charge in [-0.2, -0.15) is 13.2 Å². The molecule has 3 atom stereocenters. The average molecular weight is 539 g/mol. The summed E-state index contributed by atoms with van der Waals surface area (Å²) in [6.07, 6.45) is 0.124. The van der Waals surface area contributed by atoms with Crippen molar-refractivity contribution in [1.82, 2.24) is 15.6 Å². The number of nitrogens with one attached hydrogen (secondary N) is 2. The van der Waals surface area contributed by atoms with Gasteiger partial charge in [0.15, 0.2) is 5.60 Å². The van der Waals surface area contributed by atoms with E-state index in [9.17, 15) is 22.8 Å². The van der Waals surface area contributed by atoms with E-state index in [4.69, 9.17) is 16.3 Å². The molecule has 37 heavy (non-hydrogen) atoms. The summed E-state index contributed by atoms with van der Waals surface area (Å²) in [4.78, 5) is 31.8. The third-order valence-electron chi connectivity index (χ3n) is 6.91. The minimum atomic E-state index is -4.51. The lowest BCUT2D eigenvalue weighted by molar-refractivity contribution is -0.149. The summed E-state index contributed by atoms with van der Waals surface area (Å²) in [5, 5.41) is 5.66. The highest BCUT2D eigenvalue weighted by atomic mass is 35.5. The van der Waals surface area contributed by atoms with Crippen LogP contribution in [0.5, 0.6) is 5.75 Å². The number of ether oxygens (including phenoxy) is 1. The van der Waals surface area contributed by atoms with Gasteiger partial charge in [0.2, 0.25) is 0 Å². The van der Waals surface area contributed by atoms with Gasteiger partial charge in [0.05, 0.1) is 5.56 Å². The van der Waals surface area contributed by atoms with Crippen LogP contribution in [0.2, 0.25) is 5.02 Å². The Bertz CT molecular complexity index is 1110. The number of piperidine rings is 1.